The number of nitrogens with zero attached hydrogens (tertiary/aromatic N) is 3. The summed E-state index contributed by atoms with van der Waals surface area (Å²) in [6, 6.07) is 7.56. The van der Waals surface area contributed by atoms with E-state index in [0.29, 0.717) is 17.4 Å². The zero-order valence-electron chi connectivity index (χ0n) is 8.79. The first kappa shape index (κ1) is 9.73. The number of hydrogen-bond acceptors (Lipinski definition) is 6. The molecule has 0 saturated heterocycles. The van der Waals surface area contributed by atoms with Gasteiger partial charge in [0.2, 0.25) is 11.8 Å². The molecule has 0 aliphatic carbocycles. The van der Waals surface area contributed by atoms with Crippen LogP contribution in [-0.4, -0.2) is 15.0 Å². The summed E-state index contributed by atoms with van der Waals surface area (Å²) in [7, 11) is 0. The van der Waals surface area contributed by atoms with Crippen molar-refractivity contribution in [3.63, 3.8) is 0 Å². The van der Waals surface area contributed by atoms with E-state index in [9.17, 15) is 0 Å². The van der Waals surface area contributed by atoms with E-state index in [1.165, 1.54) is 0 Å². The molecule has 0 saturated carbocycles. The van der Waals surface area contributed by atoms with E-state index < -0.39 is 0 Å². The molecule has 0 fully saturated rings. The lowest BCUT2D eigenvalue weighted by molar-refractivity contribution is 0.619. The molecule has 2 aromatic heterocycles. The smallest absolute Gasteiger partial charge is 0.237 e. The van der Waals surface area contributed by atoms with Crippen LogP contribution < -0.4 is 11.3 Å². The lowest BCUT2D eigenvalue weighted by atomic mass is 10.3. The van der Waals surface area contributed by atoms with Gasteiger partial charge in [-0.25, -0.2) is 20.8 Å². The monoisotopic (exact) mass is 227 g/mol. The molecule has 0 amide bonds. The number of benzene rings is 1. The van der Waals surface area contributed by atoms with Gasteiger partial charge in [0.15, 0.2) is 5.58 Å². The van der Waals surface area contributed by atoms with E-state index >= 15 is 0 Å². The van der Waals surface area contributed by atoms with E-state index in [1.807, 2.05) is 24.3 Å². The Balaban J connectivity index is 2.07. The number of aromatic nitrogens is 3. The maximum absolute atomic E-state index is 5.58. The summed E-state index contributed by atoms with van der Waals surface area (Å²) >= 11 is 0. The Morgan fingerprint density at radius 2 is 1.88 bits per heavy atom. The van der Waals surface area contributed by atoms with Gasteiger partial charge in [-0.05, 0) is 12.1 Å². The summed E-state index contributed by atoms with van der Waals surface area (Å²) in [6.07, 6.45) is 3.21. The number of nitrogens with two attached hydrogens (primary N) is 1. The molecule has 0 aliphatic heterocycles. The van der Waals surface area contributed by atoms with Crippen LogP contribution in [0.15, 0.2) is 41.1 Å². The number of rotatable bonds is 2. The molecule has 6 heteroatoms. The molecule has 3 N–H and O–H groups in total. The Kier molecular flexibility index (Phi) is 2.20. The topological polar surface area (TPSA) is 89.9 Å². The molecule has 3 rings (SSSR count). The summed E-state index contributed by atoms with van der Waals surface area (Å²) in [4.78, 5) is 12.3. The van der Waals surface area contributed by atoms with E-state index in [-0.39, 0.29) is 0 Å². The van der Waals surface area contributed by atoms with Crippen LogP contribution in [0.1, 0.15) is 0 Å². The average Bonchev–Trinajstić information content (AvgIpc) is 2.82. The Bertz CT molecular complexity index is 613. The van der Waals surface area contributed by atoms with Gasteiger partial charge in [0.25, 0.3) is 0 Å². The van der Waals surface area contributed by atoms with Gasteiger partial charge in [0.05, 0.1) is 5.56 Å². The number of fused-ring (bicyclic) bond motifs is 1. The fourth-order valence-corrected chi connectivity index (χ4v) is 1.51. The van der Waals surface area contributed by atoms with Crippen molar-refractivity contribution in [3.8, 4) is 11.5 Å². The highest BCUT2D eigenvalue weighted by atomic mass is 16.3. The molecular weight excluding hydrogens is 218 g/mol. The Hall–Kier alpha value is -2.47. The minimum atomic E-state index is 0.352. The molecule has 0 unspecified atom stereocenters. The maximum Gasteiger partial charge on any atom is 0.237 e. The molecule has 0 atom stereocenters. The van der Waals surface area contributed by atoms with Crippen LogP contribution in [-0.2, 0) is 0 Å². The minimum Gasteiger partial charge on any atom is -0.436 e. The second-order valence-electron chi connectivity index (χ2n) is 3.43. The van der Waals surface area contributed by atoms with E-state index in [4.69, 9.17) is 10.3 Å². The molecule has 1 aromatic carbocycles. The predicted octanol–water partition coefficient (Wildman–Crippen LogP) is 1.57. The van der Waals surface area contributed by atoms with Crippen LogP contribution in [0.3, 0.4) is 0 Å². The van der Waals surface area contributed by atoms with Gasteiger partial charge in [0.1, 0.15) is 5.52 Å². The van der Waals surface area contributed by atoms with Crippen LogP contribution in [0.25, 0.3) is 22.6 Å². The highest BCUT2D eigenvalue weighted by Crippen LogP contribution is 2.22. The quantitative estimate of drug-likeness (QED) is 0.510. The van der Waals surface area contributed by atoms with Crippen LogP contribution >= 0.6 is 0 Å². The Morgan fingerprint density at radius 1 is 1.12 bits per heavy atom. The van der Waals surface area contributed by atoms with Gasteiger partial charge in [-0.1, -0.05) is 12.1 Å². The fraction of sp³-hybridized carbons (Fsp3) is 0. The normalized spacial score (nSPS) is 10.6. The number of anilines is 1. The van der Waals surface area contributed by atoms with E-state index in [0.717, 1.165) is 11.1 Å². The third-order valence-electron chi connectivity index (χ3n) is 2.32. The standard InChI is InChI=1S/C11H9N5O/c12-16-11-13-5-7(6-14-11)10-15-8-3-1-2-4-9(8)17-10/h1-6H,12H2,(H,13,14,16). The zero-order chi connectivity index (χ0) is 11.7. The van der Waals surface area contributed by atoms with Gasteiger partial charge < -0.3 is 4.42 Å². The van der Waals surface area contributed by atoms with Gasteiger partial charge in [0, 0.05) is 12.4 Å². The van der Waals surface area contributed by atoms with Crippen molar-refractivity contribution in [1.82, 2.24) is 15.0 Å². The van der Waals surface area contributed by atoms with Crippen LogP contribution in [0.5, 0.6) is 0 Å². The maximum atomic E-state index is 5.58. The largest absolute Gasteiger partial charge is 0.436 e. The molecule has 6 nitrogen and oxygen atoms in total. The first-order chi connectivity index (χ1) is 8.36. The molecule has 0 spiro atoms. The van der Waals surface area contributed by atoms with Crippen molar-refractivity contribution >= 4 is 17.0 Å². The second kappa shape index (κ2) is 3.84. The van der Waals surface area contributed by atoms with E-state index in [1.54, 1.807) is 12.4 Å². The van der Waals surface area contributed by atoms with Crippen molar-refractivity contribution in [2.45, 2.75) is 0 Å². The Labute approximate surface area is 96.5 Å². The summed E-state index contributed by atoms with van der Waals surface area (Å²) in [6.45, 7) is 0. The van der Waals surface area contributed by atoms with Crippen LogP contribution in [0, 0.1) is 0 Å². The molecule has 0 aliphatic rings. The molecule has 2 heterocycles. The third-order valence-corrected chi connectivity index (χ3v) is 2.32. The fourth-order valence-electron chi connectivity index (χ4n) is 1.51. The summed E-state index contributed by atoms with van der Waals surface area (Å²) in [5.41, 5.74) is 4.62. The molecule has 3 aromatic rings. The number of hydrazine groups is 1. The number of oxazole rings is 1. The zero-order valence-corrected chi connectivity index (χ0v) is 8.79. The van der Waals surface area contributed by atoms with Crippen molar-refractivity contribution in [3.05, 3.63) is 36.7 Å². The van der Waals surface area contributed by atoms with Crippen molar-refractivity contribution in [1.29, 1.82) is 0 Å². The SMILES string of the molecule is NNc1ncc(-c2nc3ccccc3o2)cn1. The first-order valence-electron chi connectivity index (χ1n) is 5.01. The molecule has 17 heavy (non-hydrogen) atoms. The molecule has 0 radical (unpaired) electrons. The number of nitrogens with one attached hydrogen (secondary N) is 1. The van der Waals surface area contributed by atoms with Gasteiger partial charge in [-0.15, -0.1) is 0 Å². The lowest BCUT2D eigenvalue weighted by Gasteiger charge is -1.97. The third kappa shape index (κ3) is 1.70. The van der Waals surface area contributed by atoms with Gasteiger partial charge >= 0.3 is 0 Å². The number of nitrogen functional groups attached to an aromatic ring is 1. The average molecular weight is 227 g/mol. The van der Waals surface area contributed by atoms with Crippen LogP contribution in [0.4, 0.5) is 5.95 Å². The summed E-state index contributed by atoms with van der Waals surface area (Å²) < 4.78 is 5.58. The lowest BCUT2D eigenvalue weighted by Crippen LogP contribution is -2.09. The molecular formula is C11H9N5O. The van der Waals surface area contributed by atoms with Crippen molar-refractivity contribution in [2.24, 2.45) is 5.84 Å². The summed E-state index contributed by atoms with van der Waals surface area (Å²) in [5, 5.41) is 0. The van der Waals surface area contributed by atoms with Crippen molar-refractivity contribution in [2.75, 3.05) is 5.43 Å². The van der Waals surface area contributed by atoms with Gasteiger partial charge in [-0.2, -0.15) is 0 Å². The molecule has 84 valence electrons. The van der Waals surface area contributed by atoms with E-state index in [2.05, 4.69) is 20.4 Å². The highest BCUT2D eigenvalue weighted by Gasteiger charge is 2.08. The minimum absolute atomic E-state index is 0.352. The summed E-state index contributed by atoms with van der Waals surface area (Å²) in [5.74, 6) is 6.03. The number of hydrogen-bond donors (Lipinski definition) is 2. The molecule has 0 bridgehead atoms. The number of para-hydroxylation sites is 2. The highest BCUT2D eigenvalue weighted by molar-refractivity contribution is 5.75. The first-order valence-corrected chi connectivity index (χ1v) is 5.01. The second-order valence-corrected chi connectivity index (χ2v) is 3.43. The Morgan fingerprint density at radius 3 is 2.59 bits per heavy atom. The van der Waals surface area contributed by atoms with Crippen LogP contribution in [0.2, 0.25) is 0 Å². The van der Waals surface area contributed by atoms with Crippen molar-refractivity contribution < 1.29 is 4.42 Å². The van der Waals surface area contributed by atoms with Gasteiger partial charge in [-0.3, -0.25) is 5.43 Å². The predicted molar refractivity (Wildman–Crippen MR) is 62.8 cm³/mol.